The summed E-state index contributed by atoms with van der Waals surface area (Å²) in [5, 5.41) is 1.14. The lowest BCUT2D eigenvalue weighted by Gasteiger charge is -2.40. The molecule has 1 aliphatic rings. The van der Waals surface area contributed by atoms with E-state index < -0.39 is 0 Å². The average Bonchev–Trinajstić information content (AvgIpc) is 2.17. The van der Waals surface area contributed by atoms with Gasteiger partial charge in [0.15, 0.2) is 0 Å². The van der Waals surface area contributed by atoms with Gasteiger partial charge in [-0.2, -0.15) is 0 Å². The average molecular weight is 261 g/mol. The number of quaternary nitrogens is 1. The van der Waals surface area contributed by atoms with Gasteiger partial charge in [-0.1, -0.05) is 21.5 Å². The highest BCUT2D eigenvalue weighted by Crippen LogP contribution is 2.19. The molecule has 0 saturated carbocycles. The highest BCUT2D eigenvalue weighted by atomic mass is 79.9. The van der Waals surface area contributed by atoms with E-state index >= 15 is 0 Å². The Morgan fingerprint density at radius 2 is 1.86 bits per heavy atom. The summed E-state index contributed by atoms with van der Waals surface area (Å²) in [6, 6.07) is 0. The molecule has 14 heavy (non-hydrogen) atoms. The molecule has 1 heterocycles. The maximum atomic E-state index is 3.59. The minimum Gasteiger partial charge on any atom is -0.320 e. The molecule has 0 unspecified atom stereocenters. The fourth-order valence-corrected chi connectivity index (χ4v) is 2.99. The van der Waals surface area contributed by atoms with Crippen LogP contribution < -0.4 is 0 Å². The Hall–Kier alpha value is 0.180. The van der Waals surface area contributed by atoms with Gasteiger partial charge in [0.1, 0.15) is 0 Å². The molecule has 0 aromatic heterocycles. The number of allylic oxidation sites excluding steroid dienone is 1. The molecule has 0 spiro atoms. The Balaban J connectivity index is 2.55. The van der Waals surface area contributed by atoms with Gasteiger partial charge in [0.05, 0.1) is 31.5 Å². The minimum atomic E-state index is 1.14. The Kier molecular flexibility index (Phi) is 5.18. The predicted octanol–water partition coefficient (Wildman–Crippen LogP) is 3.35. The van der Waals surface area contributed by atoms with E-state index in [0.717, 1.165) is 5.33 Å². The third-order valence-corrected chi connectivity index (χ3v) is 3.57. The first kappa shape index (κ1) is 12.3. The fraction of sp³-hybridized carbons (Fsp3) is 0.833. The van der Waals surface area contributed by atoms with Gasteiger partial charge in [-0.15, -0.1) is 0 Å². The van der Waals surface area contributed by atoms with Crippen LogP contribution in [0.15, 0.2) is 11.6 Å². The van der Waals surface area contributed by atoms with Crippen molar-refractivity contribution in [1.82, 2.24) is 0 Å². The highest BCUT2D eigenvalue weighted by molar-refractivity contribution is 9.09. The number of hydrogen-bond donors (Lipinski definition) is 0. The Labute approximate surface area is 96.9 Å². The second-order valence-corrected chi connectivity index (χ2v) is 5.52. The zero-order valence-corrected chi connectivity index (χ0v) is 11.1. The molecular weight excluding hydrogens is 238 g/mol. The molecule has 0 atom stereocenters. The maximum absolute atomic E-state index is 3.59. The van der Waals surface area contributed by atoms with Crippen LogP contribution in [-0.4, -0.2) is 36.0 Å². The zero-order valence-electron chi connectivity index (χ0n) is 9.56. The van der Waals surface area contributed by atoms with Crippen LogP contribution in [0.5, 0.6) is 0 Å². The quantitative estimate of drug-likeness (QED) is 0.413. The van der Waals surface area contributed by atoms with Gasteiger partial charge in [-0.3, -0.25) is 0 Å². The highest BCUT2D eigenvalue weighted by Gasteiger charge is 2.27. The summed E-state index contributed by atoms with van der Waals surface area (Å²) in [7, 11) is 0. The van der Waals surface area contributed by atoms with Crippen molar-refractivity contribution in [1.29, 1.82) is 0 Å². The number of rotatable bonds is 4. The van der Waals surface area contributed by atoms with E-state index in [2.05, 4.69) is 35.9 Å². The van der Waals surface area contributed by atoms with E-state index in [9.17, 15) is 0 Å². The van der Waals surface area contributed by atoms with Gasteiger partial charge in [0, 0.05) is 0 Å². The zero-order chi connectivity index (χ0) is 10.4. The van der Waals surface area contributed by atoms with Crippen molar-refractivity contribution in [3.8, 4) is 0 Å². The van der Waals surface area contributed by atoms with Crippen LogP contribution in [0.1, 0.15) is 33.1 Å². The molecule has 82 valence electrons. The fourth-order valence-electron chi connectivity index (χ4n) is 2.24. The molecule has 0 aliphatic carbocycles. The van der Waals surface area contributed by atoms with Crippen LogP contribution in [0.25, 0.3) is 0 Å². The molecule has 1 saturated heterocycles. The minimum absolute atomic E-state index is 1.14. The van der Waals surface area contributed by atoms with Crippen molar-refractivity contribution in [2.24, 2.45) is 0 Å². The molecule has 2 heteroatoms. The lowest BCUT2D eigenvalue weighted by atomic mass is 10.1. The summed E-state index contributed by atoms with van der Waals surface area (Å²) < 4.78 is 1.32. The third-order valence-electron chi connectivity index (χ3n) is 3.21. The number of likely N-dealkylation sites (tertiary alicyclic amines) is 1. The number of alkyl halides is 1. The number of piperidine rings is 1. The normalized spacial score (nSPS) is 20.5. The van der Waals surface area contributed by atoms with E-state index in [1.165, 1.54) is 55.5 Å². The van der Waals surface area contributed by atoms with Crippen LogP contribution >= 0.6 is 15.9 Å². The molecule has 0 radical (unpaired) electrons. The van der Waals surface area contributed by atoms with E-state index in [1.54, 1.807) is 0 Å². The van der Waals surface area contributed by atoms with Gasteiger partial charge in [-0.05, 0) is 39.2 Å². The van der Waals surface area contributed by atoms with Crippen molar-refractivity contribution in [2.45, 2.75) is 33.1 Å². The molecule has 1 aliphatic heterocycles. The number of hydrogen-bond acceptors (Lipinski definition) is 0. The van der Waals surface area contributed by atoms with Gasteiger partial charge in [0.25, 0.3) is 0 Å². The first-order chi connectivity index (χ1) is 6.68. The molecule has 1 nitrogen and oxygen atoms in total. The van der Waals surface area contributed by atoms with Crippen molar-refractivity contribution >= 4 is 15.9 Å². The largest absolute Gasteiger partial charge is 0.320 e. The molecule has 1 rings (SSSR count). The lowest BCUT2D eigenvalue weighted by Crippen LogP contribution is -2.52. The van der Waals surface area contributed by atoms with Gasteiger partial charge >= 0.3 is 0 Å². The first-order valence-corrected chi connectivity index (χ1v) is 6.85. The van der Waals surface area contributed by atoms with E-state index in [-0.39, 0.29) is 0 Å². The standard InChI is InChI=1S/C12H23BrN/c1-12(2)6-10-14(11-7-13)8-4-3-5-9-14/h6H,3-5,7-11H2,1-2H3/q+1. The van der Waals surface area contributed by atoms with Gasteiger partial charge in [0.2, 0.25) is 0 Å². The van der Waals surface area contributed by atoms with Crippen LogP contribution in [0.3, 0.4) is 0 Å². The second-order valence-electron chi connectivity index (χ2n) is 4.73. The molecule has 0 amide bonds. The summed E-state index contributed by atoms with van der Waals surface area (Å²) in [6.45, 7) is 9.71. The second kappa shape index (κ2) is 5.92. The van der Waals surface area contributed by atoms with Gasteiger partial charge < -0.3 is 4.48 Å². The Morgan fingerprint density at radius 1 is 1.21 bits per heavy atom. The third kappa shape index (κ3) is 3.74. The topological polar surface area (TPSA) is 0 Å². The van der Waals surface area contributed by atoms with Crippen molar-refractivity contribution < 1.29 is 4.48 Å². The molecule has 1 fully saturated rings. The number of halogens is 1. The summed E-state index contributed by atoms with van der Waals surface area (Å²) in [5.41, 5.74) is 1.46. The first-order valence-electron chi connectivity index (χ1n) is 5.73. The summed E-state index contributed by atoms with van der Waals surface area (Å²) in [6.07, 6.45) is 6.69. The SMILES string of the molecule is CC(C)=CC[N+]1(CCBr)CCCCC1. The summed E-state index contributed by atoms with van der Waals surface area (Å²) in [4.78, 5) is 0. The molecule has 0 aromatic rings. The van der Waals surface area contributed by atoms with E-state index in [0.29, 0.717) is 0 Å². The summed E-state index contributed by atoms with van der Waals surface area (Å²) >= 11 is 3.59. The predicted molar refractivity (Wildman–Crippen MR) is 66.8 cm³/mol. The van der Waals surface area contributed by atoms with Crippen molar-refractivity contribution in [3.63, 3.8) is 0 Å². The lowest BCUT2D eigenvalue weighted by molar-refractivity contribution is -0.924. The maximum Gasteiger partial charge on any atom is 0.0976 e. The Bertz CT molecular complexity index is 183. The molecular formula is C12H23BrN+. The van der Waals surface area contributed by atoms with Crippen molar-refractivity contribution in [3.05, 3.63) is 11.6 Å². The number of nitrogens with zero attached hydrogens (tertiary/aromatic N) is 1. The van der Waals surface area contributed by atoms with E-state index in [1.807, 2.05) is 0 Å². The molecule has 0 N–H and O–H groups in total. The monoisotopic (exact) mass is 260 g/mol. The van der Waals surface area contributed by atoms with Crippen molar-refractivity contribution in [2.75, 3.05) is 31.5 Å². The Morgan fingerprint density at radius 3 is 2.36 bits per heavy atom. The van der Waals surface area contributed by atoms with Crippen LogP contribution in [0.4, 0.5) is 0 Å². The van der Waals surface area contributed by atoms with Crippen LogP contribution in [-0.2, 0) is 0 Å². The van der Waals surface area contributed by atoms with Crippen LogP contribution in [0.2, 0.25) is 0 Å². The van der Waals surface area contributed by atoms with Crippen LogP contribution in [0, 0.1) is 0 Å². The molecule has 0 aromatic carbocycles. The summed E-state index contributed by atoms with van der Waals surface area (Å²) in [5.74, 6) is 0. The molecule has 0 bridgehead atoms. The smallest absolute Gasteiger partial charge is 0.0976 e. The van der Waals surface area contributed by atoms with Gasteiger partial charge in [-0.25, -0.2) is 0 Å². The van der Waals surface area contributed by atoms with E-state index in [4.69, 9.17) is 0 Å².